The Hall–Kier alpha value is -2.43. The van der Waals surface area contributed by atoms with E-state index in [2.05, 4.69) is 27.1 Å². The zero-order chi connectivity index (χ0) is 16.2. The fourth-order valence-electron chi connectivity index (χ4n) is 2.95. The third-order valence-electron chi connectivity index (χ3n) is 4.35. The van der Waals surface area contributed by atoms with E-state index in [1.807, 2.05) is 25.1 Å². The highest BCUT2D eigenvalue weighted by atomic mass is 16.1. The van der Waals surface area contributed by atoms with Crippen molar-refractivity contribution in [3.8, 4) is 0 Å². The maximum atomic E-state index is 12.5. The second-order valence-corrected chi connectivity index (χ2v) is 6.06. The first kappa shape index (κ1) is 15.5. The molecule has 5 nitrogen and oxygen atoms in total. The molecule has 1 fully saturated rings. The van der Waals surface area contributed by atoms with Gasteiger partial charge in [-0.25, -0.2) is 9.97 Å². The van der Waals surface area contributed by atoms with Gasteiger partial charge in [-0.05, 0) is 56.9 Å². The number of carbonyl (C=O) groups is 1. The number of anilines is 2. The minimum atomic E-state index is -0.153. The van der Waals surface area contributed by atoms with Crippen LogP contribution in [0.4, 0.5) is 11.6 Å². The lowest BCUT2D eigenvalue weighted by Crippen LogP contribution is -2.38. The van der Waals surface area contributed by atoms with Crippen molar-refractivity contribution >= 4 is 17.5 Å². The van der Waals surface area contributed by atoms with Crippen molar-refractivity contribution in [2.75, 3.05) is 16.8 Å². The molecule has 2 aromatic rings. The van der Waals surface area contributed by atoms with Crippen molar-refractivity contribution in [3.63, 3.8) is 0 Å². The lowest BCUT2D eigenvalue weighted by atomic mass is 10.0. The number of hydrogen-bond acceptors (Lipinski definition) is 4. The third-order valence-corrected chi connectivity index (χ3v) is 4.35. The molecule has 0 radical (unpaired) electrons. The largest absolute Gasteiger partial charge is 0.354 e. The normalized spacial score (nSPS) is 17.8. The summed E-state index contributed by atoms with van der Waals surface area (Å²) in [4.78, 5) is 23.4. The first-order valence-electron chi connectivity index (χ1n) is 8.11. The Kier molecular flexibility index (Phi) is 4.55. The van der Waals surface area contributed by atoms with Crippen LogP contribution >= 0.6 is 0 Å². The molecule has 2 aromatic heterocycles. The quantitative estimate of drug-likeness (QED) is 0.944. The Morgan fingerprint density at radius 1 is 1.26 bits per heavy atom. The molecule has 1 amide bonds. The summed E-state index contributed by atoms with van der Waals surface area (Å²) in [6.45, 7) is 5.14. The summed E-state index contributed by atoms with van der Waals surface area (Å²) in [7, 11) is 0. The number of carbonyl (C=O) groups excluding carboxylic acids is 1. The summed E-state index contributed by atoms with van der Waals surface area (Å²) in [6, 6.07) is 7.86. The number of aromatic nitrogens is 2. The molecule has 120 valence electrons. The predicted octanol–water partition coefficient (Wildman–Crippen LogP) is 3.42. The third kappa shape index (κ3) is 3.50. The second kappa shape index (κ2) is 6.77. The van der Waals surface area contributed by atoms with Crippen LogP contribution in [-0.4, -0.2) is 28.5 Å². The molecule has 1 N–H and O–H groups in total. The van der Waals surface area contributed by atoms with Gasteiger partial charge in [-0.1, -0.05) is 6.07 Å². The fourth-order valence-corrected chi connectivity index (χ4v) is 2.95. The molecule has 5 heteroatoms. The van der Waals surface area contributed by atoms with Crippen LogP contribution in [0.1, 0.15) is 42.1 Å². The van der Waals surface area contributed by atoms with Gasteiger partial charge in [0.25, 0.3) is 5.91 Å². The highest BCUT2D eigenvalue weighted by molar-refractivity contribution is 6.04. The van der Waals surface area contributed by atoms with E-state index < -0.39 is 0 Å². The van der Waals surface area contributed by atoms with Crippen molar-refractivity contribution in [3.05, 3.63) is 47.8 Å². The van der Waals surface area contributed by atoms with Crippen molar-refractivity contribution in [2.45, 2.75) is 39.2 Å². The van der Waals surface area contributed by atoms with Crippen LogP contribution in [0.5, 0.6) is 0 Å². The molecule has 1 unspecified atom stereocenters. The van der Waals surface area contributed by atoms with Gasteiger partial charge >= 0.3 is 0 Å². The molecular weight excluding hydrogens is 288 g/mol. The van der Waals surface area contributed by atoms with Gasteiger partial charge < -0.3 is 10.2 Å². The highest BCUT2D eigenvalue weighted by Gasteiger charge is 2.20. The minimum absolute atomic E-state index is 0.153. The molecule has 23 heavy (non-hydrogen) atoms. The van der Waals surface area contributed by atoms with Gasteiger partial charge in [-0.2, -0.15) is 0 Å². The molecule has 0 saturated carbocycles. The lowest BCUT2D eigenvalue weighted by molar-refractivity contribution is 0.102. The molecule has 3 heterocycles. The number of aryl methyl sites for hydroxylation is 1. The van der Waals surface area contributed by atoms with Crippen molar-refractivity contribution in [2.24, 2.45) is 0 Å². The van der Waals surface area contributed by atoms with Crippen LogP contribution in [0.2, 0.25) is 0 Å². The summed E-state index contributed by atoms with van der Waals surface area (Å²) in [6.07, 6.45) is 6.99. The summed E-state index contributed by atoms with van der Waals surface area (Å²) >= 11 is 0. The van der Waals surface area contributed by atoms with Gasteiger partial charge in [-0.3, -0.25) is 4.79 Å². The van der Waals surface area contributed by atoms with E-state index in [1.165, 1.54) is 19.3 Å². The first-order valence-corrected chi connectivity index (χ1v) is 8.11. The summed E-state index contributed by atoms with van der Waals surface area (Å²) in [5.74, 6) is 1.32. The lowest BCUT2D eigenvalue weighted by Gasteiger charge is -2.34. The molecule has 0 aliphatic carbocycles. The van der Waals surface area contributed by atoms with Crippen LogP contribution in [0, 0.1) is 6.92 Å². The van der Waals surface area contributed by atoms with Gasteiger partial charge in [0.2, 0.25) is 0 Å². The van der Waals surface area contributed by atoms with Crippen molar-refractivity contribution < 1.29 is 4.79 Å². The number of rotatable bonds is 3. The highest BCUT2D eigenvalue weighted by Crippen LogP contribution is 2.23. The average molecular weight is 310 g/mol. The SMILES string of the molecule is Cc1cccnc1NC(=O)c1ccnc(N2CCCCC2C)c1. The Labute approximate surface area is 136 Å². The Bertz CT molecular complexity index is 701. The van der Waals surface area contributed by atoms with Crippen LogP contribution in [0.3, 0.4) is 0 Å². The maximum absolute atomic E-state index is 12.5. The van der Waals surface area contributed by atoms with E-state index in [0.29, 0.717) is 17.4 Å². The molecule has 0 bridgehead atoms. The van der Waals surface area contributed by atoms with E-state index in [1.54, 1.807) is 18.5 Å². The van der Waals surface area contributed by atoms with Gasteiger partial charge in [0, 0.05) is 30.5 Å². The number of piperidine rings is 1. The summed E-state index contributed by atoms with van der Waals surface area (Å²) < 4.78 is 0. The van der Waals surface area contributed by atoms with E-state index in [4.69, 9.17) is 0 Å². The van der Waals surface area contributed by atoms with Crippen LogP contribution in [0.15, 0.2) is 36.7 Å². The summed E-state index contributed by atoms with van der Waals surface area (Å²) in [5, 5.41) is 2.87. The van der Waals surface area contributed by atoms with E-state index in [0.717, 1.165) is 17.9 Å². The molecular formula is C18H22N4O. The monoisotopic (exact) mass is 310 g/mol. The van der Waals surface area contributed by atoms with Crippen molar-refractivity contribution in [1.82, 2.24) is 9.97 Å². The predicted molar refractivity (Wildman–Crippen MR) is 91.8 cm³/mol. The number of amides is 1. The zero-order valence-electron chi connectivity index (χ0n) is 13.6. The average Bonchev–Trinajstić information content (AvgIpc) is 2.57. The zero-order valence-corrected chi connectivity index (χ0v) is 13.6. The molecule has 1 saturated heterocycles. The molecule has 0 spiro atoms. The summed E-state index contributed by atoms with van der Waals surface area (Å²) in [5.41, 5.74) is 1.55. The smallest absolute Gasteiger partial charge is 0.257 e. The van der Waals surface area contributed by atoms with E-state index in [9.17, 15) is 4.79 Å². The van der Waals surface area contributed by atoms with Gasteiger partial charge in [0.15, 0.2) is 0 Å². The second-order valence-electron chi connectivity index (χ2n) is 6.06. The molecule has 0 aromatic carbocycles. The van der Waals surface area contributed by atoms with Gasteiger partial charge in [-0.15, -0.1) is 0 Å². The molecule has 1 aliphatic heterocycles. The Morgan fingerprint density at radius 3 is 2.91 bits per heavy atom. The number of nitrogens with zero attached hydrogens (tertiary/aromatic N) is 3. The standard InChI is InChI=1S/C18H22N4O/c1-13-6-5-9-20-17(13)21-18(23)15-8-10-19-16(12-15)22-11-4-3-7-14(22)2/h5-6,8-10,12,14H,3-4,7,11H2,1-2H3,(H,20,21,23). The van der Waals surface area contributed by atoms with Crippen LogP contribution < -0.4 is 10.2 Å². The van der Waals surface area contributed by atoms with Crippen LogP contribution in [-0.2, 0) is 0 Å². The van der Waals surface area contributed by atoms with Gasteiger partial charge in [0.05, 0.1) is 0 Å². The molecule has 1 atom stereocenters. The number of hydrogen-bond donors (Lipinski definition) is 1. The fraction of sp³-hybridized carbons (Fsp3) is 0.389. The minimum Gasteiger partial charge on any atom is -0.354 e. The van der Waals surface area contributed by atoms with Gasteiger partial charge in [0.1, 0.15) is 11.6 Å². The maximum Gasteiger partial charge on any atom is 0.257 e. The van der Waals surface area contributed by atoms with E-state index in [-0.39, 0.29) is 5.91 Å². The Morgan fingerprint density at radius 2 is 2.13 bits per heavy atom. The number of pyridine rings is 2. The van der Waals surface area contributed by atoms with Crippen molar-refractivity contribution in [1.29, 1.82) is 0 Å². The topological polar surface area (TPSA) is 58.1 Å². The van der Waals surface area contributed by atoms with Crippen LogP contribution in [0.25, 0.3) is 0 Å². The Balaban J connectivity index is 1.79. The number of nitrogens with one attached hydrogen (secondary N) is 1. The molecule has 1 aliphatic rings. The molecule has 3 rings (SSSR count). The first-order chi connectivity index (χ1) is 11.1. The van der Waals surface area contributed by atoms with E-state index >= 15 is 0 Å².